The van der Waals surface area contributed by atoms with Crippen molar-refractivity contribution in [3.63, 3.8) is 0 Å². The summed E-state index contributed by atoms with van der Waals surface area (Å²) >= 11 is 0. The van der Waals surface area contributed by atoms with E-state index < -0.39 is 5.97 Å². The Hall–Kier alpha value is -1.72. The molecule has 0 heterocycles. The van der Waals surface area contributed by atoms with Crippen LogP contribution in [0, 0.1) is 0 Å². The molecule has 5 nitrogen and oxygen atoms in total. The van der Waals surface area contributed by atoms with Gasteiger partial charge in [0.05, 0.1) is 12.7 Å². The van der Waals surface area contributed by atoms with Crippen molar-refractivity contribution >= 4 is 11.8 Å². The minimum absolute atomic E-state index is 0.0279. The van der Waals surface area contributed by atoms with Crippen LogP contribution >= 0.6 is 0 Å². The number of Topliss-reactive ketones (excluding diaryl/α,β-unsaturated/α-hetero) is 1. The van der Waals surface area contributed by atoms with Gasteiger partial charge in [0.1, 0.15) is 0 Å². The minimum Gasteiger partial charge on any atom is -0.465 e. The number of ketones is 1. The van der Waals surface area contributed by atoms with Crippen molar-refractivity contribution in [1.29, 1.82) is 0 Å². The molecule has 0 unspecified atom stereocenters. The van der Waals surface area contributed by atoms with Crippen molar-refractivity contribution in [2.45, 2.75) is 45.8 Å². The van der Waals surface area contributed by atoms with Gasteiger partial charge in [0.25, 0.3) is 0 Å². The summed E-state index contributed by atoms with van der Waals surface area (Å²) in [5.41, 5.74) is 0.935. The molecule has 0 fully saturated rings. The number of rotatable bonds is 11. The molecule has 23 heavy (non-hydrogen) atoms. The Bertz CT molecular complexity index is 492. The fourth-order valence-corrected chi connectivity index (χ4v) is 2.26. The van der Waals surface area contributed by atoms with Crippen molar-refractivity contribution in [3.05, 3.63) is 35.4 Å². The molecular formula is C18H26O5. The molecular weight excluding hydrogens is 296 g/mol. The van der Waals surface area contributed by atoms with Crippen LogP contribution in [-0.2, 0) is 14.2 Å². The predicted molar refractivity (Wildman–Crippen MR) is 87.6 cm³/mol. The van der Waals surface area contributed by atoms with Gasteiger partial charge in [-0.2, -0.15) is 0 Å². The molecule has 128 valence electrons. The second kappa shape index (κ2) is 10.9. The van der Waals surface area contributed by atoms with Gasteiger partial charge in [-0.1, -0.05) is 12.1 Å². The third-order valence-electron chi connectivity index (χ3n) is 3.40. The van der Waals surface area contributed by atoms with E-state index in [-0.39, 0.29) is 12.1 Å². The summed E-state index contributed by atoms with van der Waals surface area (Å²) in [6, 6.07) is 6.63. The Morgan fingerprint density at radius 3 is 2.30 bits per heavy atom. The van der Waals surface area contributed by atoms with Crippen molar-refractivity contribution in [2.24, 2.45) is 0 Å². The average molecular weight is 322 g/mol. The van der Waals surface area contributed by atoms with Gasteiger partial charge in [0.2, 0.25) is 0 Å². The van der Waals surface area contributed by atoms with Crippen LogP contribution in [0.25, 0.3) is 0 Å². The molecule has 0 atom stereocenters. The van der Waals surface area contributed by atoms with Crippen LogP contribution in [0.15, 0.2) is 24.3 Å². The Morgan fingerprint density at radius 1 is 1.04 bits per heavy atom. The number of hydrogen-bond acceptors (Lipinski definition) is 5. The van der Waals surface area contributed by atoms with E-state index in [0.717, 1.165) is 19.3 Å². The fourth-order valence-electron chi connectivity index (χ4n) is 2.26. The average Bonchev–Trinajstić information content (AvgIpc) is 2.58. The zero-order valence-electron chi connectivity index (χ0n) is 14.2. The molecule has 5 heteroatoms. The molecule has 0 aliphatic carbocycles. The maximum absolute atomic E-state index is 12.2. The first-order valence-electron chi connectivity index (χ1n) is 8.07. The number of ether oxygens (including phenoxy) is 3. The summed E-state index contributed by atoms with van der Waals surface area (Å²) in [7, 11) is 1.32. The molecule has 0 aromatic heterocycles. The number of carbonyl (C=O) groups is 2. The molecule has 0 bridgehead atoms. The molecule has 0 saturated carbocycles. The maximum atomic E-state index is 12.2. The molecule has 0 saturated heterocycles. The lowest BCUT2D eigenvalue weighted by atomic mass is 10.0. The predicted octanol–water partition coefficient (Wildman–Crippen LogP) is 3.62. The Kier molecular flexibility index (Phi) is 9.17. The van der Waals surface area contributed by atoms with Gasteiger partial charge in [-0.05, 0) is 45.2 Å². The number of carbonyl (C=O) groups excluding carboxylic acids is 2. The summed E-state index contributed by atoms with van der Waals surface area (Å²) < 4.78 is 15.6. The van der Waals surface area contributed by atoms with Crippen LogP contribution in [0.2, 0.25) is 0 Å². The number of hydrogen-bond donors (Lipinski definition) is 0. The lowest BCUT2D eigenvalue weighted by Gasteiger charge is -2.16. The highest BCUT2D eigenvalue weighted by Crippen LogP contribution is 2.13. The summed E-state index contributed by atoms with van der Waals surface area (Å²) in [6.45, 7) is 5.10. The van der Waals surface area contributed by atoms with Gasteiger partial charge in [-0.3, -0.25) is 4.79 Å². The van der Waals surface area contributed by atoms with E-state index in [1.807, 2.05) is 13.8 Å². The van der Waals surface area contributed by atoms with E-state index in [9.17, 15) is 9.59 Å². The highest BCUT2D eigenvalue weighted by Gasteiger charge is 2.12. The van der Waals surface area contributed by atoms with Gasteiger partial charge in [-0.15, -0.1) is 0 Å². The van der Waals surface area contributed by atoms with Crippen LogP contribution < -0.4 is 0 Å². The van der Waals surface area contributed by atoms with Crippen molar-refractivity contribution in [1.82, 2.24) is 0 Å². The third kappa shape index (κ3) is 6.93. The van der Waals surface area contributed by atoms with Gasteiger partial charge in [0.15, 0.2) is 12.1 Å². The molecule has 0 amide bonds. The normalized spacial score (nSPS) is 10.8. The number of benzene rings is 1. The Balaban J connectivity index is 2.43. The smallest absolute Gasteiger partial charge is 0.337 e. The summed E-state index contributed by atoms with van der Waals surface area (Å²) in [5.74, 6) is -0.406. The highest BCUT2D eigenvalue weighted by atomic mass is 16.7. The minimum atomic E-state index is -0.434. The second-order valence-electron chi connectivity index (χ2n) is 5.08. The number of unbranched alkanes of at least 4 members (excludes halogenated alkanes) is 1. The third-order valence-corrected chi connectivity index (χ3v) is 3.40. The van der Waals surface area contributed by atoms with E-state index in [1.54, 1.807) is 24.3 Å². The monoisotopic (exact) mass is 322 g/mol. The molecule has 0 radical (unpaired) electrons. The molecule has 0 N–H and O–H groups in total. The first-order valence-corrected chi connectivity index (χ1v) is 8.07. The number of esters is 1. The molecule has 0 aliphatic heterocycles. The lowest BCUT2D eigenvalue weighted by molar-refractivity contribution is -0.140. The lowest BCUT2D eigenvalue weighted by Crippen LogP contribution is -2.17. The van der Waals surface area contributed by atoms with Gasteiger partial charge in [0, 0.05) is 25.2 Å². The van der Waals surface area contributed by atoms with Crippen LogP contribution in [0.3, 0.4) is 0 Å². The Morgan fingerprint density at radius 2 is 1.70 bits per heavy atom. The van der Waals surface area contributed by atoms with Gasteiger partial charge in [-0.25, -0.2) is 4.79 Å². The van der Waals surface area contributed by atoms with Gasteiger partial charge < -0.3 is 14.2 Å². The molecule has 1 aromatic rings. The standard InChI is InChI=1S/C18H26O5/c1-4-22-17(23-5-2)12-7-6-11-16(19)14-9-8-10-15(13-14)18(20)21-3/h8-10,13,17H,4-7,11-12H2,1-3H3. The van der Waals surface area contributed by atoms with Crippen LogP contribution in [0.5, 0.6) is 0 Å². The van der Waals surface area contributed by atoms with Crippen molar-refractivity contribution in [2.75, 3.05) is 20.3 Å². The quantitative estimate of drug-likeness (QED) is 0.269. The summed E-state index contributed by atoms with van der Waals surface area (Å²) in [4.78, 5) is 23.7. The summed E-state index contributed by atoms with van der Waals surface area (Å²) in [6.07, 6.45) is 2.64. The molecule has 1 aromatic carbocycles. The van der Waals surface area contributed by atoms with E-state index in [0.29, 0.717) is 30.8 Å². The highest BCUT2D eigenvalue weighted by molar-refractivity contribution is 5.99. The van der Waals surface area contributed by atoms with Crippen molar-refractivity contribution in [3.8, 4) is 0 Å². The summed E-state index contributed by atoms with van der Waals surface area (Å²) in [5, 5.41) is 0. The molecule has 0 spiro atoms. The van der Waals surface area contributed by atoms with E-state index in [2.05, 4.69) is 4.74 Å². The second-order valence-corrected chi connectivity index (χ2v) is 5.08. The Labute approximate surface area is 137 Å². The number of methoxy groups -OCH3 is 1. The van der Waals surface area contributed by atoms with Crippen LogP contribution in [-0.4, -0.2) is 38.4 Å². The molecule has 1 rings (SSSR count). The van der Waals surface area contributed by atoms with E-state index in [4.69, 9.17) is 9.47 Å². The van der Waals surface area contributed by atoms with Crippen molar-refractivity contribution < 1.29 is 23.8 Å². The van der Waals surface area contributed by atoms with E-state index in [1.165, 1.54) is 7.11 Å². The van der Waals surface area contributed by atoms with Gasteiger partial charge >= 0.3 is 5.97 Å². The molecule has 0 aliphatic rings. The van der Waals surface area contributed by atoms with Crippen LogP contribution in [0.1, 0.15) is 60.2 Å². The zero-order chi connectivity index (χ0) is 17.1. The van der Waals surface area contributed by atoms with E-state index >= 15 is 0 Å². The first-order chi connectivity index (χ1) is 11.1. The fraction of sp³-hybridized carbons (Fsp3) is 0.556. The maximum Gasteiger partial charge on any atom is 0.337 e. The SMILES string of the molecule is CCOC(CCCCC(=O)c1cccc(C(=O)OC)c1)OCC. The zero-order valence-corrected chi connectivity index (χ0v) is 14.2. The first kappa shape index (κ1) is 19.3. The largest absolute Gasteiger partial charge is 0.465 e. The van der Waals surface area contributed by atoms with Crippen LogP contribution in [0.4, 0.5) is 0 Å². The topological polar surface area (TPSA) is 61.8 Å².